The van der Waals surface area contributed by atoms with E-state index in [1.165, 1.54) is 42.6 Å². The number of hydrogen-bond acceptors (Lipinski definition) is 8. The maximum Gasteiger partial charge on any atom is 0.301 e. The second-order valence-corrected chi connectivity index (χ2v) is 8.99. The molecule has 35 heavy (non-hydrogen) atoms. The van der Waals surface area contributed by atoms with Gasteiger partial charge in [-0.3, -0.25) is 19.5 Å². The Hall–Kier alpha value is -3.95. The van der Waals surface area contributed by atoms with Gasteiger partial charge in [0.2, 0.25) is 0 Å². The molecular weight excluding hydrogens is 490 g/mol. The number of hydrogen-bond donors (Lipinski definition) is 1. The minimum Gasteiger partial charge on any atom is -0.507 e. The Bertz CT molecular complexity index is 1470. The Morgan fingerprint density at radius 1 is 1.06 bits per heavy atom. The van der Waals surface area contributed by atoms with Crippen LogP contribution >= 0.6 is 22.9 Å². The van der Waals surface area contributed by atoms with E-state index >= 15 is 0 Å². The summed E-state index contributed by atoms with van der Waals surface area (Å²) >= 11 is 7.49. The molecule has 176 valence electrons. The van der Waals surface area contributed by atoms with Crippen molar-refractivity contribution in [3.8, 4) is 11.5 Å². The number of para-hydroxylation sites is 1. The van der Waals surface area contributed by atoms with Crippen LogP contribution in [0.25, 0.3) is 16.0 Å². The lowest BCUT2D eigenvalue weighted by atomic mass is 9.98. The van der Waals surface area contributed by atoms with E-state index in [-0.39, 0.29) is 27.7 Å². The molecule has 5 rings (SSSR count). The molecule has 3 heterocycles. The van der Waals surface area contributed by atoms with E-state index in [9.17, 15) is 14.7 Å². The Kier molecular flexibility index (Phi) is 5.88. The zero-order chi connectivity index (χ0) is 24.7. The number of anilines is 1. The first-order chi connectivity index (χ1) is 16.9. The van der Waals surface area contributed by atoms with Gasteiger partial charge in [-0.25, -0.2) is 4.98 Å². The van der Waals surface area contributed by atoms with Gasteiger partial charge < -0.3 is 14.6 Å². The number of benzene rings is 2. The highest BCUT2D eigenvalue weighted by atomic mass is 35.5. The molecule has 1 N–H and O–H groups in total. The normalized spacial score (nSPS) is 17.2. The van der Waals surface area contributed by atoms with Crippen LogP contribution in [-0.2, 0) is 9.59 Å². The number of nitrogens with zero attached hydrogens (tertiary/aromatic N) is 3. The minimum absolute atomic E-state index is 0.143. The second kappa shape index (κ2) is 9.01. The van der Waals surface area contributed by atoms with E-state index in [1.54, 1.807) is 24.4 Å². The Labute approximate surface area is 209 Å². The number of thiazole rings is 1. The third kappa shape index (κ3) is 3.78. The molecule has 2 aromatic carbocycles. The molecule has 1 atom stereocenters. The molecule has 0 radical (unpaired) electrons. The van der Waals surface area contributed by atoms with Gasteiger partial charge in [-0.2, -0.15) is 0 Å². The van der Waals surface area contributed by atoms with Gasteiger partial charge >= 0.3 is 5.91 Å². The number of carbonyl (C=O) groups excluding carboxylic acids is 2. The molecule has 0 bridgehead atoms. The van der Waals surface area contributed by atoms with E-state index in [2.05, 4.69) is 9.97 Å². The van der Waals surface area contributed by atoms with Gasteiger partial charge in [-0.15, -0.1) is 0 Å². The highest BCUT2D eigenvalue weighted by Crippen LogP contribution is 2.45. The summed E-state index contributed by atoms with van der Waals surface area (Å²) in [7, 11) is 2.84. The molecule has 1 aliphatic heterocycles. The number of rotatable bonds is 5. The van der Waals surface area contributed by atoms with Crippen molar-refractivity contribution in [3.63, 3.8) is 0 Å². The SMILES string of the molecule is COc1cc(/C(O)=C2\C(=O)C(=O)N(c3nc4ccccc4s3)C2c2ccccn2)c(OC)cc1Cl. The van der Waals surface area contributed by atoms with Gasteiger partial charge in [0.25, 0.3) is 5.78 Å². The van der Waals surface area contributed by atoms with Gasteiger partial charge in [0.15, 0.2) is 5.13 Å². The smallest absolute Gasteiger partial charge is 0.301 e. The van der Waals surface area contributed by atoms with Crippen molar-refractivity contribution in [2.75, 3.05) is 19.1 Å². The average Bonchev–Trinajstić information content (AvgIpc) is 3.42. The number of methoxy groups -OCH3 is 2. The van der Waals surface area contributed by atoms with Crippen molar-refractivity contribution >= 4 is 55.7 Å². The molecule has 1 aliphatic rings. The van der Waals surface area contributed by atoms with E-state index in [1.807, 2.05) is 24.3 Å². The fourth-order valence-corrected chi connectivity index (χ4v) is 5.22. The quantitative estimate of drug-likeness (QED) is 0.231. The van der Waals surface area contributed by atoms with Crippen molar-refractivity contribution in [3.05, 3.63) is 82.6 Å². The number of aliphatic hydroxyl groups excluding tert-OH is 1. The Morgan fingerprint density at radius 3 is 2.49 bits per heavy atom. The number of ether oxygens (including phenoxy) is 2. The van der Waals surface area contributed by atoms with Gasteiger partial charge in [-0.1, -0.05) is 41.1 Å². The number of Topliss-reactive ketones (excluding diaryl/α,β-unsaturated/α-hetero) is 1. The molecule has 0 spiro atoms. The maximum atomic E-state index is 13.4. The first-order valence-electron chi connectivity index (χ1n) is 10.4. The summed E-state index contributed by atoms with van der Waals surface area (Å²) in [6.07, 6.45) is 1.56. The molecule has 10 heteroatoms. The molecule has 0 aliphatic carbocycles. The van der Waals surface area contributed by atoms with Crippen LogP contribution in [0.3, 0.4) is 0 Å². The third-order valence-corrected chi connectivity index (χ3v) is 6.96. The molecule has 4 aromatic rings. The topological polar surface area (TPSA) is 102 Å². The van der Waals surface area contributed by atoms with Gasteiger partial charge in [0, 0.05) is 12.3 Å². The molecule has 1 amide bonds. The fourth-order valence-electron chi connectivity index (χ4n) is 4.00. The van der Waals surface area contributed by atoms with Crippen LogP contribution in [-0.4, -0.2) is 41.0 Å². The number of fused-ring (bicyclic) bond motifs is 1. The first-order valence-corrected chi connectivity index (χ1v) is 11.6. The number of halogens is 1. The number of ketones is 1. The maximum absolute atomic E-state index is 13.4. The summed E-state index contributed by atoms with van der Waals surface area (Å²) in [5, 5.41) is 12.0. The number of aliphatic hydroxyl groups is 1. The number of amides is 1. The molecule has 2 aromatic heterocycles. The van der Waals surface area contributed by atoms with E-state index in [0.717, 1.165) is 4.70 Å². The lowest BCUT2D eigenvalue weighted by Crippen LogP contribution is -2.29. The average molecular weight is 508 g/mol. The van der Waals surface area contributed by atoms with Crippen molar-refractivity contribution in [1.29, 1.82) is 0 Å². The largest absolute Gasteiger partial charge is 0.507 e. The van der Waals surface area contributed by atoms with Gasteiger partial charge in [-0.05, 0) is 30.3 Å². The Morgan fingerprint density at radius 2 is 1.80 bits per heavy atom. The van der Waals surface area contributed by atoms with Gasteiger partial charge in [0.1, 0.15) is 23.3 Å². The lowest BCUT2D eigenvalue weighted by molar-refractivity contribution is -0.132. The van der Waals surface area contributed by atoms with Crippen molar-refractivity contribution in [2.45, 2.75) is 6.04 Å². The molecule has 1 unspecified atom stereocenters. The monoisotopic (exact) mass is 507 g/mol. The Balaban J connectivity index is 1.76. The summed E-state index contributed by atoms with van der Waals surface area (Å²) in [5.74, 6) is -1.65. The predicted molar refractivity (Wildman–Crippen MR) is 133 cm³/mol. The minimum atomic E-state index is -1.01. The van der Waals surface area contributed by atoms with Crippen LogP contribution in [0.2, 0.25) is 5.02 Å². The fraction of sp³-hybridized carbons (Fsp3) is 0.120. The van der Waals surface area contributed by atoms with Gasteiger partial charge in [0.05, 0.1) is 46.3 Å². The first kappa shape index (κ1) is 22.8. The highest BCUT2D eigenvalue weighted by Gasteiger charge is 2.49. The molecule has 0 saturated carbocycles. The number of carbonyl (C=O) groups is 2. The zero-order valence-electron chi connectivity index (χ0n) is 18.6. The predicted octanol–water partition coefficient (Wildman–Crippen LogP) is 4.99. The summed E-state index contributed by atoms with van der Waals surface area (Å²) in [5.41, 5.74) is 1.10. The van der Waals surface area contributed by atoms with Crippen LogP contribution in [0.5, 0.6) is 11.5 Å². The van der Waals surface area contributed by atoms with Crippen LogP contribution in [0, 0.1) is 0 Å². The summed E-state index contributed by atoms with van der Waals surface area (Å²) in [6.45, 7) is 0. The van der Waals surface area contributed by atoms with E-state index in [4.69, 9.17) is 21.1 Å². The summed E-state index contributed by atoms with van der Waals surface area (Å²) < 4.78 is 11.5. The van der Waals surface area contributed by atoms with Crippen LogP contribution < -0.4 is 14.4 Å². The second-order valence-electron chi connectivity index (χ2n) is 7.57. The summed E-state index contributed by atoms with van der Waals surface area (Å²) in [6, 6.07) is 14.5. The van der Waals surface area contributed by atoms with Crippen molar-refractivity contribution in [2.24, 2.45) is 0 Å². The molecule has 8 nitrogen and oxygen atoms in total. The van der Waals surface area contributed by atoms with E-state index in [0.29, 0.717) is 16.3 Å². The molecule has 1 saturated heterocycles. The lowest BCUT2D eigenvalue weighted by Gasteiger charge is -2.22. The standard InChI is InChI=1S/C25H18ClN3O5S/c1-33-17-12-14(26)18(34-2)11-13(17)22(30)20-21(16-8-5-6-10-27-16)29(24(32)23(20)31)25-28-15-7-3-4-9-19(15)35-25/h3-12,21,30H,1-2H3/b22-20+. The van der Waals surface area contributed by atoms with Crippen molar-refractivity contribution in [1.82, 2.24) is 9.97 Å². The molecular formula is C25H18ClN3O5S. The highest BCUT2D eigenvalue weighted by molar-refractivity contribution is 7.22. The number of pyridine rings is 1. The van der Waals surface area contributed by atoms with Crippen molar-refractivity contribution < 1.29 is 24.2 Å². The number of aromatic nitrogens is 2. The van der Waals surface area contributed by atoms with E-state index < -0.39 is 23.5 Å². The van der Waals surface area contributed by atoms with Crippen LogP contribution in [0.4, 0.5) is 5.13 Å². The molecule has 1 fully saturated rings. The summed E-state index contributed by atoms with van der Waals surface area (Å²) in [4.78, 5) is 36.9. The zero-order valence-corrected chi connectivity index (χ0v) is 20.1. The third-order valence-electron chi connectivity index (χ3n) is 5.63. The van der Waals surface area contributed by atoms with Crippen LogP contribution in [0.15, 0.2) is 66.4 Å². The van der Waals surface area contributed by atoms with Crippen LogP contribution in [0.1, 0.15) is 17.3 Å².